The number of carbonyl (C=O) groups is 1. The molecule has 218 valence electrons. The van der Waals surface area contributed by atoms with E-state index in [1.807, 2.05) is 13.8 Å². The number of benzene rings is 3. The molecule has 0 aliphatic heterocycles. The van der Waals surface area contributed by atoms with Crippen molar-refractivity contribution in [2.45, 2.75) is 26.7 Å². The summed E-state index contributed by atoms with van der Waals surface area (Å²) in [6.07, 6.45) is 2.81. The smallest absolute Gasteiger partial charge is 0.232 e. The number of ether oxygens (including phenoxy) is 1. The number of para-hydroxylation sites is 1. The largest absolute Gasteiger partial charge is 0.454 e. The molecular formula is C30H27F3N4O4S. The second kappa shape index (κ2) is 11.4. The van der Waals surface area contributed by atoms with Crippen LogP contribution in [-0.4, -0.2) is 36.4 Å². The normalized spacial score (nSPS) is 12.6. The van der Waals surface area contributed by atoms with E-state index in [-0.39, 0.29) is 35.7 Å². The van der Waals surface area contributed by atoms with Crippen LogP contribution in [0, 0.1) is 25.5 Å². The number of ketones is 1. The predicted octanol–water partition coefficient (Wildman–Crippen LogP) is 6.07. The zero-order valence-electron chi connectivity index (χ0n) is 22.7. The van der Waals surface area contributed by atoms with Crippen molar-refractivity contribution in [1.29, 1.82) is 0 Å². The van der Waals surface area contributed by atoms with Gasteiger partial charge in [-0.3, -0.25) is 13.9 Å². The quantitative estimate of drug-likeness (QED) is 0.215. The maximum atomic E-state index is 14.7. The number of hydrogen-bond acceptors (Lipinski definition) is 6. The van der Waals surface area contributed by atoms with Gasteiger partial charge in [-0.25, -0.2) is 21.9 Å². The van der Waals surface area contributed by atoms with E-state index in [0.29, 0.717) is 28.1 Å². The monoisotopic (exact) mass is 596 g/mol. The van der Waals surface area contributed by atoms with Crippen molar-refractivity contribution < 1.29 is 31.1 Å². The number of hydrogen-bond donors (Lipinski definition) is 2. The van der Waals surface area contributed by atoms with E-state index in [1.165, 1.54) is 35.2 Å². The van der Waals surface area contributed by atoms with Gasteiger partial charge in [0.15, 0.2) is 17.3 Å². The molecule has 0 saturated heterocycles. The van der Waals surface area contributed by atoms with Crippen LogP contribution >= 0.6 is 0 Å². The minimum absolute atomic E-state index is 0.0857. The van der Waals surface area contributed by atoms with E-state index in [1.54, 1.807) is 24.3 Å². The maximum absolute atomic E-state index is 14.7. The van der Waals surface area contributed by atoms with Crippen LogP contribution in [0.15, 0.2) is 60.3 Å². The molecule has 3 N–H and O–H groups in total. The third-order valence-electron chi connectivity index (χ3n) is 6.84. The highest BCUT2D eigenvalue weighted by atomic mass is 32.2. The predicted molar refractivity (Wildman–Crippen MR) is 154 cm³/mol. The number of nitrogens with two attached hydrogens (primary N) is 1. The van der Waals surface area contributed by atoms with Crippen LogP contribution in [0.3, 0.4) is 0 Å². The van der Waals surface area contributed by atoms with Gasteiger partial charge >= 0.3 is 0 Å². The lowest BCUT2D eigenvalue weighted by molar-refractivity contribution is 0.103. The Balaban J connectivity index is 1.37. The first-order valence-electron chi connectivity index (χ1n) is 13.0. The van der Waals surface area contributed by atoms with E-state index >= 15 is 0 Å². The first-order chi connectivity index (χ1) is 20.0. The number of anilines is 2. The molecule has 0 radical (unpaired) electrons. The van der Waals surface area contributed by atoms with Crippen molar-refractivity contribution in [1.82, 2.24) is 9.78 Å². The molecule has 0 saturated carbocycles. The molecule has 0 amide bonds. The number of halogens is 3. The number of allylic oxidation sites excluding steroid dienone is 1. The summed E-state index contributed by atoms with van der Waals surface area (Å²) in [6.45, 7) is 2.82. The van der Waals surface area contributed by atoms with Gasteiger partial charge in [0.25, 0.3) is 0 Å². The Labute approximate surface area is 240 Å². The standard InChI is InChI=1S/C30H27F3N4O4S/c1-17-10-22(41-27-7-4-3-6-24(27)32)11-18(2)28(17)37-30(34)23(16-35-37)29(38)21-12-19-14-25(33)26(15-20(19)13-21)36-42(39,40)9-5-8-31/h3-4,6-7,10-12,14-16,36H,5,8-9,13,34H2,1-2H3. The third kappa shape index (κ3) is 5.75. The van der Waals surface area contributed by atoms with Gasteiger partial charge in [-0.15, -0.1) is 0 Å². The van der Waals surface area contributed by atoms with Crippen LogP contribution in [0.25, 0.3) is 11.8 Å². The maximum Gasteiger partial charge on any atom is 0.232 e. The SMILES string of the molecule is Cc1cc(Oc2ccccc2F)cc(C)c1-n1ncc(C(=O)C2=Cc3cc(F)c(NS(=O)(=O)CCCF)cc3C2)c1N. The Bertz CT molecular complexity index is 1830. The number of Topliss-reactive ketones (excluding diaryl/α,β-unsaturated/α-hetero) is 1. The van der Waals surface area contributed by atoms with Gasteiger partial charge in [0, 0.05) is 12.0 Å². The van der Waals surface area contributed by atoms with Crippen LogP contribution in [0.2, 0.25) is 0 Å². The zero-order valence-corrected chi connectivity index (χ0v) is 23.6. The Kier molecular flexibility index (Phi) is 7.83. The summed E-state index contributed by atoms with van der Waals surface area (Å²) >= 11 is 0. The minimum atomic E-state index is -3.93. The highest BCUT2D eigenvalue weighted by Crippen LogP contribution is 2.34. The van der Waals surface area contributed by atoms with Gasteiger partial charge in [-0.05, 0) is 85.0 Å². The number of aromatic nitrogens is 2. The van der Waals surface area contributed by atoms with Gasteiger partial charge in [0.05, 0.1) is 35.6 Å². The van der Waals surface area contributed by atoms with E-state index in [0.717, 1.165) is 17.2 Å². The topological polar surface area (TPSA) is 116 Å². The molecule has 0 spiro atoms. The van der Waals surface area contributed by atoms with Crippen molar-refractivity contribution in [3.63, 3.8) is 0 Å². The van der Waals surface area contributed by atoms with Gasteiger partial charge < -0.3 is 10.5 Å². The van der Waals surface area contributed by atoms with Crippen molar-refractivity contribution in [2.75, 3.05) is 22.9 Å². The summed E-state index contributed by atoms with van der Waals surface area (Å²) in [4.78, 5) is 13.5. The first-order valence-corrected chi connectivity index (χ1v) is 14.6. The number of nitrogen functional groups attached to an aromatic ring is 1. The number of sulfonamides is 1. The molecule has 1 heterocycles. The molecule has 42 heavy (non-hydrogen) atoms. The van der Waals surface area contributed by atoms with Crippen LogP contribution in [0.5, 0.6) is 11.5 Å². The van der Waals surface area contributed by atoms with E-state index in [4.69, 9.17) is 10.5 Å². The number of nitrogens with one attached hydrogen (secondary N) is 1. The summed E-state index contributed by atoms with van der Waals surface area (Å²) < 4.78 is 74.7. The second-order valence-electron chi connectivity index (χ2n) is 9.96. The fraction of sp³-hybridized carbons (Fsp3) is 0.200. The van der Waals surface area contributed by atoms with Gasteiger partial charge in [0.2, 0.25) is 10.0 Å². The van der Waals surface area contributed by atoms with E-state index in [9.17, 15) is 26.4 Å². The lowest BCUT2D eigenvalue weighted by atomic mass is 10.0. The summed E-state index contributed by atoms with van der Waals surface area (Å²) in [7, 11) is -3.93. The van der Waals surface area contributed by atoms with Crippen LogP contribution in [-0.2, 0) is 16.4 Å². The summed E-state index contributed by atoms with van der Waals surface area (Å²) in [6, 6.07) is 12.0. The van der Waals surface area contributed by atoms with Gasteiger partial charge in [-0.2, -0.15) is 5.10 Å². The lowest BCUT2D eigenvalue weighted by Gasteiger charge is -2.15. The average molecular weight is 597 g/mol. The number of alkyl halides is 1. The van der Waals surface area contributed by atoms with Gasteiger partial charge in [0.1, 0.15) is 17.4 Å². The number of nitrogens with zero attached hydrogens (tertiary/aromatic N) is 2. The number of fused-ring (bicyclic) bond motifs is 1. The number of carbonyl (C=O) groups excluding carboxylic acids is 1. The van der Waals surface area contributed by atoms with Crippen molar-refractivity contribution in [3.05, 3.63) is 99.8 Å². The second-order valence-corrected chi connectivity index (χ2v) is 11.8. The minimum Gasteiger partial charge on any atom is -0.454 e. The molecule has 0 atom stereocenters. The fourth-order valence-electron chi connectivity index (χ4n) is 4.90. The average Bonchev–Trinajstić information content (AvgIpc) is 3.51. The molecule has 0 bridgehead atoms. The summed E-state index contributed by atoms with van der Waals surface area (Å²) in [5, 5.41) is 4.35. The van der Waals surface area contributed by atoms with Crippen LogP contribution in [0.1, 0.15) is 39.0 Å². The van der Waals surface area contributed by atoms with Crippen LogP contribution in [0.4, 0.5) is 24.7 Å². The van der Waals surface area contributed by atoms with Crippen molar-refractivity contribution in [3.8, 4) is 17.2 Å². The molecule has 0 fully saturated rings. The molecule has 5 rings (SSSR count). The van der Waals surface area contributed by atoms with E-state index in [2.05, 4.69) is 9.82 Å². The summed E-state index contributed by atoms with van der Waals surface area (Å²) in [5.74, 6) is -1.59. The molecule has 12 heteroatoms. The molecular weight excluding hydrogens is 569 g/mol. The summed E-state index contributed by atoms with van der Waals surface area (Å²) in [5.41, 5.74) is 9.65. The lowest BCUT2D eigenvalue weighted by Crippen LogP contribution is -2.18. The fourth-order valence-corrected chi connectivity index (χ4v) is 5.98. The van der Waals surface area contributed by atoms with Crippen molar-refractivity contribution in [2.24, 2.45) is 0 Å². The molecule has 0 unspecified atom stereocenters. The first kappa shape index (κ1) is 28.9. The van der Waals surface area contributed by atoms with Crippen molar-refractivity contribution >= 4 is 33.4 Å². The van der Waals surface area contributed by atoms with Crippen LogP contribution < -0.4 is 15.2 Å². The molecule has 1 aliphatic carbocycles. The third-order valence-corrected chi connectivity index (χ3v) is 8.19. The molecule has 1 aliphatic rings. The Morgan fingerprint density at radius 1 is 1.10 bits per heavy atom. The number of rotatable bonds is 10. The zero-order chi connectivity index (χ0) is 30.2. The molecule has 4 aromatic rings. The molecule has 3 aromatic carbocycles. The molecule has 1 aromatic heterocycles. The Hall–Kier alpha value is -4.58. The Morgan fingerprint density at radius 2 is 1.81 bits per heavy atom. The molecule has 8 nitrogen and oxygen atoms in total. The Morgan fingerprint density at radius 3 is 2.50 bits per heavy atom. The highest BCUT2D eigenvalue weighted by molar-refractivity contribution is 7.92. The number of aryl methyl sites for hydroxylation is 2. The van der Waals surface area contributed by atoms with Gasteiger partial charge in [-0.1, -0.05) is 12.1 Å². The van der Waals surface area contributed by atoms with E-state index < -0.39 is 39.9 Å². The highest BCUT2D eigenvalue weighted by Gasteiger charge is 2.26.